The average Bonchev–Trinajstić information content (AvgIpc) is 2.51. The average molecular weight is 333 g/mol. The minimum absolute atomic E-state index is 0.0273. The van der Waals surface area contributed by atoms with Gasteiger partial charge in [-0.3, -0.25) is 14.4 Å². The summed E-state index contributed by atoms with van der Waals surface area (Å²) in [6.45, 7) is 1.55. The van der Waals surface area contributed by atoms with Crippen LogP contribution < -0.4 is 5.56 Å². The predicted molar refractivity (Wildman–Crippen MR) is 78.8 cm³/mol. The number of imide groups is 3. The zero-order valence-electron chi connectivity index (χ0n) is 12.5. The first-order valence-corrected chi connectivity index (χ1v) is 7.09. The van der Waals surface area contributed by atoms with Gasteiger partial charge in [-0.25, -0.2) is 13.9 Å². The van der Waals surface area contributed by atoms with Crippen LogP contribution in [0.4, 0.5) is 9.18 Å². The second-order valence-corrected chi connectivity index (χ2v) is 5.43. The second kappa shape index (κ2) is 5.52. The van der Waals surface area contributed by atoms with Crippen LogP contribution in [-0.4, -0.2) is 37.7 Å². The van der Waals surface area contributed by atoms with Gasteiger partial charge in [-0.1, -0.05) is 0 Å². The first-order chi connectivity index (χ1) is 11.3. The minimum atomic E-state index is -1.69. The van der Waals surface area contributed by atoms with Gasteiger partial charge in [0.15, 0.2) is 0 Å². The van der Waals surface area contributed by atoms with Gasteiger partial charge >= 0.3 is 6.09 Å². The second-order valence-electron chi connectivity index (χ2n) is 5.43. The zero-order valence-corrected chi connectivity index (χ0v) is 12.5. The number of halogens is 1. The van der Waals surface area contributed by atoms with Gasteiger partial charge in [0, 0.05) is 11.8 Å². The number of carboxylic acid groups (broad SMARTS) is 1. The SMILES string of the molecule is Cc1nn(C2CCC(=O)N(C(=O)O)C2=O)c(=O)c2ccc(F)cc12. The van der Waals surface area contributed by atoms with Gasteiger partial charge in [0.1, 0.15) is 11.9 Å². The number of amides is 3. The fourth-order valence-electron chi connectivity index (χ4n) is 2.79. The van der Waals surface area contributed by atoms with Gasteiger partial charge in [0.25, 0.3) is 11.5 Å². The molecule has 1 unspecified atom stereocenters. The van der Waals surface area contributed by atoms with E-state index < -0.39 is 35.3 Å². The fraction of sp³-hybridized carbons (Fsp3) is 0.267. The molecular weight excluding hydrogens is 321 g/mol. The number of rotatable bonds is 1. The zero-order chi connectivity index (χ0) is 17.6. The Labute approximate surface area is 134 Å². The van der Waals surface area contributed by atoms with Gasteiger partial charge in [0.05, 0.1) is 11.1 Å². The van der Waals surface area contributed by atoms with Gasteiger partial charge < -0.3 is 5.11 Å². The lowest BCUT2D eigenvalue weighted by molar-refractivity contribution is -0.148. The Morgan fingerprint density at radius 2 is 2.00 bits per heavy atom. The number of fused-ring (bicyclic) bond motifs is 1. The highest BCUT2D eigenvalue weighted by atomic mass is 19.1. The molecule has 3 rings (SSSR count). The Balaban J connectivity index is 2.16. The molecule has 9 heteroatoms. The largest absolute Gasteiger partial charge is 0.464 e. The Morgan fingerprint density at radius 3 is 2.67 bits per heavy atom. The summed E-state index contributed by atoms with van der Waals surface area (Å²) in [7, 11) is 0. The molecule has 1 aliphatic rings. The highest BCUT2D eigenvalue weighted by molar-refractivity contribution is 6.11. The van der Waals surface area contributed by atoms with E-state index in [4.69, 9.17) is 5.11 Å². The monoisotopic (exact) mass is 333 g/mol. The van der Waals surface area contributed by atoms with Gasteiger partial charge in [-0.05, 0) is 31.5 Å². The lowest BCUT2D eigenvalue weighted by Crippen LogP contribution is -2.50. The highest BCUT2D eigenvalue weighted by Gasteiger charge is 2.40. The molecule has 0 radical (unpaired) electrons. The van der Waals surface area contributed by atoms with Gasteiger partial charge in [0.2, 0.25) is 5.91 Å². The smallest absolute Gasteiger partial charge is 0.421 e. The third kappa shape index (κ3) is 2.34. The van der Waals surface area contributed by atoms with Crippen molar-refractivity contribution in [1.82, 2.24) is 14.7 Å². The molecular formula is C15H12FN3O5. The summed E-state index contributed by atoms with van der Waals surface area (Å²) in [4.78, 5) is 47.7. The number of carbonyl (C=O) groups excluding carboxylic acids is 2. The number of hydrogen-bond donors (Lipinski definition) is 1. The summed E-state index contributed by atoms with van der Waals surface area (Å²) in [6, 6.07) is 2.37. The van der Waals surface area contributed by atoms with Crippen LogP contribution in [0.3, 0.4) is 0 Å². The summed E-state index contributed by atoms with van der Waals surface area (Å²) in [5, 5.41) is 13.5. The molecule has 3 amide bonds. The van der Waals surface area contributed by atoms with E-state index in [1.807, 2.05) is 0 Å². The van der Waals surface area contributed by atoms with Crippen molar-refractivity contribution in [2.75, 3.05) is 0 Å². The van der Waals surface area contributed by atoms with Gasteiger partial charge in [-0.15, -0.1) is 0 Å². The maximum atomic E-state index is 13.3. The number of nitrogens with zero attached hydrogens (tertiary/aromatic N) is 3. The van der Waals surface area contributed by atoms with Crippen LogP contribution in [-0.2, 0) is 9.59 Å². The number of hydrogen-bond acceptors (Lipinski definition) is 5. The van der Waals surface area contributed by atoms with Crippen LogP contribution in [0.15, 0.2) is 23.0 Å². The van der Waals surface area contributed by atoms with Crippen molar-refractivity contribution in [2.45, 2.75) is 25.8 Å². The van der Waals surface area contributed by atoms with Crippen LogP contribution in [0.2, 0.25) is 0 Å². The number of piperidine rings is 1. The van der Waals surface area contributed by atoms with Crippen molar-refractivity contribution in [1.29, 1.82) is 0 Å². The third-order valence-electron chi connectivity index (χ3n) is 3.94. The van der Waals surface area contributed by atoms with E-state index in [1.165, 1.54) is 12.1 Å². The van der Waals surface area contributed by atoms with Crippen molar-refractivity contribution in [2.24, 2.45) is 0 Å². The Morgan fingerprint density at radius 1 is 1.29 bits per heavy atom. The van der Waals surface area contributed by atoms with Crippen LogP contribution in [0.5, 0.6) is 0 Å². The first kappa shape index (κ1) is 15.8. The van der Waals surface area contributed by atoms with Crippen LogP contribution in [0.1, 0.15) is 24.6 Å². The minimum Gasteiger partial charge on any atom is -0.464 e. The van der Waals surface area contributed by atoms with Gasteiger partial charge in [-0.2, -0.15) is 10.00 Å². The Bertz CT molecular complexity index is 952. The van der Waals surface area contributed by atoms with E-state index in [9.17, 15) is 23.6 Å². The molecule has 0 spiro atoms. The Hall–Kier alpha value is -3.10. The van der Waals surface area contributed by atoms with Crippen LogP contribution >= 0.6 is 0 Å². The molecule has 1 aliphatic heterocycles. The summed E-state index contributed by atoms with van der Waals surface area (Å²) < 4.78 is 14.2. The number of carbonyl (C=O) groups is 3. The van der Waals surface area contributed by atoms with E-state index in [0.29, 0.717) is 11.1 Å². The topological polar surface area (TPSA) is 110 Å². The van der Waals surface area contributed by atoms with E-state index in [-0.39, 0.29) is 23.1 Å². The molecule has 124 valence electrons. The maximum Gasteiger partial charge on any atom is 0.421 e. The molecule has 1 N–H and O–H groups in total. The molecule has 8 nitrogen and oxygen atoms in total. The summed E-state index contributed by atoms with van der Waals surface area (Å²) in [5.74, 6) is -2.38. The number of aryl methyl sites for hydroxylation is 1. The fourth-order valence-corrected chi connectivity index (χ4v) is 2.79. The molecule has 2 aromatic rings. The lowest BCUT2D eigenvalue weighted by Gasteiger charge is -2.27. The van der Waals surface area contributed by atoms with Crippen LogP contribution in [0, 0.1) is 12.7 Å². The molecule has 24 heavy (non-hydrogen) atoms. The summed E-state index contributed by atoms with van der Waals surface area (Å²) >= 11 is 0. The van der Waals surface area contributed by atoms with E-state index in [1.54, 1.807) is 6.92 Å². The molecule has 1 saturated heterocycles. The van der Waals surface area contributed by atoms with E-state index in [0.717, 1.165) is 10.7 Å². The normalized spacial score (nSPS) is 18.2. The molecule has 0 aliphatic carbocycles. The van der Waals surface area contributed by atoms with Crippen molar-refractivity contribution in [3.8, 4) is 0 Å². The number of likely N-dealkylation sites (tertiary alicyclic amines) is 1. The Kier molecular flexibility index (Phi) is 3.63. The maximum absolute atomic E-state index is 13.3. The molecule has 1 fully saturated rings. The standard InChI is InChI=1S/C15H12FN3O5/c1-7-10-6-8(16)2-3-9(10)13(21)19(17-7)11-4-5-12(20)18(14(11)22)15(23)24/h2-3,6,11H,4-5H2,1H3,(H,23,24). The molecule has 2 heterocycles. The van der Waals surface area contributed by atoms with Crippen LogP contribution in [0.25, 0.3) is 10.8 Å². The van der Waals surface area contributed by atoms with Crippen molar-refractivity contribution >= 4 is 28.7 Å². The molecule has 1 atom stereocenters. The van der Waals surface area contributed by atoms with Crippen molar-refractivity contribution in [3.63, 3.8) is 0 Å². The molecule has 0 bridgehead atoms. The first-order valence-electron chi connectivity index (χ1n) is 7.09. The third-order valence-corrected chi connectivity index (χ3v) is 3.94. The number of benzene rings is 1. The van der Waals surface area contributed by atoms with E-state index >= 15 is 0 Å². The highest BCUT2D eigenvalue weighted by Crippen LogP contribution is 2.24. The van der Waals surface area contributed by atoms with Crippen molar-refractivity contribution in [3.05, 3.63) is 40.1 Å². The lowest BCUT2D eigenvalue weighted by atomic mass is 10.0. The predicted octanol–water partition coefficient (Wildman–Crippen LogP) is 1.21. The summed E-state index contributed by atoms with van der Waals surface area (Å²) in [6.07, 6.45) is -1.92. The number of aromatic nitrogens is 2. The quantitative estimate of drug-likeness (QED) is 0.786. The molecule has 1 aromatic heterocycles. The molecule has 1 aromatic carbocycles. The summed E-state index contributed by atoms with van der Waals surface area (Å²) in [5.41, 5.74) is -0.329. The van der Waals surface area contributed by atoms with Crippen molar-refractivity contribution < 1.29 is 23.9 Å². The molecule has 0 saturated carbocycles. The van der Waals surface area contributed by atoms with E-state index in [2.05, 4.69) is 5.10 Å².